The van der Waals surface area contributed by atoms with Gasteiger partial charge in [0.2, 0.25) is 0 Å². The zero-order valence-electron chi connectivity index (χ0n) is 23.1. The molecule has 0 unspecified atom stereocenters. The minimum Gasteiger partial charge on any atom is -0.492 e. The van der Waals surface area contributed by atoms with Gasteiger partial charge in [0.05, 0.1) is 26.4 Å². The molecule has 3 aromatic carbocycles. The van der Waals surface area contributed by atoms with Gasteiger partial charge in [0.15, 0.2) is 0 Å². The summed E-state index contributed by atoms with van der Waals surface area (Å²) in [5.74, 6) is 1.78. The molecule has 208 valence electrons. The molecule has 0 aromatic heterocycles. The summed E-state index contributed by atoms with van der Waals surface area (Å²) in [5, 5.41) is 0. The second-order valence-corrected chi connectivity index (χ2v) is 10.4. The van der Waals surface area contributed by atoms with Crippen molar-refractivity contribution >= 4 is 11.1 Å². The number of hydrogen-bond acceptors (Lipinski definition) is 6. The molecule has 6 nitrogen and oxygen atoms in total. The highest BCUT2D eigenvalue weighted by Gasteiger charge is 2.22. The third kappa shape index (κ3) is 6.58. The molecule has 0 N–H and O–H groups in total. The predicted octanol–water partition coefficient (Wildman–Crippen LogP) is 5.49. The van der Waals surface area contributed by atoms with Crippen LogP contribution in [0.4, 0.5) is 0 Å². The number of benzene rings is 3. The Hall–Kier alpha value is -3.58. The summed E-state index contributed by atoms with van der Waals surface area (Å²) in [6, 6.07) is 25.9. The van der Waals surface area contributed by atoms with E-state index in [-0.39, 0.29) is 0 Å². The Morgan fingerprint density at radius 1 is 0.725 bits per heavy atom. The quantitative estimate of drug-likeness (QED) is 0.336. The predicted molar refractivity (Wildman–Crippen MR) is 158 cm³/mol. The van der Waals surface area contributed by atoms with Crippen molar-refractivity contribution < 1.29 is 18.9 Å². The molecule has 3 aliphatic rings. The summed E-state index contributed by atoms with van der Waals surface area (Å²) in [6.07, 6.45) is 5.78. The highest BCUT2D eigenvalue weighted by atomic mass is 16.5. The van der Waals surface area contributed by atoms with Gasteiger partial charge in [-0.1, -0.05) is 48.5 Å². The van der Waals surface area contributed by atoms with Crippen LogP contribution in [0.3, 0.4) is 0 Å². The first-order chi connectivity index (χ1) is 19.8. The van der Waals surface area contributed by atoms with Crippen molar-refractivity contribution in [1.82, 2.24) is 9.80 Å². The van der Waals surface area contributed by atoms with Gasteiger partial charge in [-0.2, -0.15) is 0 Å². The molecule has 6 rings (SSSR count). The average Bonchev–Trinajstić information content (AvgIpc) is 3.02. The maximum atomic E-state index is 6.10. The van der Waals surface area contributed by atoms with E-state index >= 15 is 0 Å². The Morgan fingerprint density at radius 2 is 1.45 bits per heavy atom. The second-order valence-electron chi connectivity index (χ2n) is 10.4. The zero-order valence-corrected chi connectivity index (χ0v) is 23.1. The van der Waals surface area contributed by atoms with E-state index in [0.717, 1.165) is 83.5 Å². The third-order valence-electron chi connectivity index (χ3n) is 7.86. The molecule has 2 aliphatic heterocycles. The summed E-state index contributed by atoms with van der Waals surface area (Å²) >= 11 is 0. The van der Waals surface area contributed by atoms with Crippen LogP contribution < -0.4 is 9.47 Å². The summed E-state index contributed by atoms with van der Waals surface area (Å²) in [5.41, 5.74) is 7.76. The van der Waals surface area contributed by atoms with Crippen LogP contribution in [-0.2, 0) is 15.9 Å². The van der Waals surface area contributed by atoms with E-state index in [2.05, 4.69) is 82.6 Å². The van der Waals surface area contributed by atoms with Gasteiger partial charge in [-0.3, -0.25) is 4.90 Å². The average molecular weight is 539 g/mol. The van der Waals surface area contributed by atoms with Crippen molar-refractivity contribution in [3.63, 3.8) is 0 Å². The fourth-order valence-corrected chi connectivity index (χ4v) is 5.66. The molecule has 0 amide bonds. The summed E-state index contributed by atoms with van der Waals surface area (Å²) < 4.78 is 23.0. The molecule has 6 heteroatoms. The molecule has 3 aromatic rings. The molecule has 2 fully saturated rings. The monoisotopic (exact) mass is 538 g/mol. The number of aryl methyl sites for hydroxylation is 1. The summed E-state index contributed by atoms with van der Waals surface area (Å²) in [7, 11) is 0. The molecular weight excluding hydrogens is 500 g/mol. The zero-order chi connectivity index (χ0) is 27.0. The smallest absolute Gasteiger partial charge is 0.126 e. The van der Waals surface area contributed by atoms with Gasteiger partial charge in [-0.25, -0.2) is 0 Å². The molecule has 2 heterocycles. The fourth-order valence-electron chi connectivity index (χ4n) is 5.66. The number of allylic oxidation sites excluding steroid dienone is 1. The van der Waals surface area contributed by atoms with Crippen molar-refractivity contribution in [2.75, 3.05) is 65.8 Å². The number of rotatable bonds is 9. The van der Waals surface area contributed by atoms with Gasteiger partial charge in [0.1, 0.15) is 24.4 Å². The lowest BCUT2D eigenvalue weighted by atomic mass is 9.79. The van der Waals surface area contributed by atoms with E-state index in [1.54, 1.807) is 6.26 Å². The van der Waals surface area contributed by atoms with E-state index in [9.17, 15) is 0 Å². The van der Waals surface area contributed by atoms with Crippen LogP contribution >= 0.6 is 0 Å². The van der Waals surface area contributed by atoms with Crippen LogP contribution in [0.2, 0.25) is 0 Å². The van der Waals surface area contributed by atoms with Crippen molar-refractivity contribution in [3.05, 3.63) is 108 Å². The third-order valence-corrected chi connectivity index (χ3v) is 7.86. The van der Waals surface area contributed by atoms with Crippen molar-refractivity contribution in [1.29, 1.82) is 0 Å². The van der Waals surface area contributed by atoms with Gasteiger partial charge < -0.3 is 23.8 Å². The lowest BCUT2D eigenvalue weighted by molar-refractivity contribution is 0.0322. The molecule has 0 atom stereocenters. The Bertz CT molecular complexity index is 1310. The number of ether oxygens (including phenoxy) is 4. The lowest BCUT2D eigenvalue weighted by Gasteiger charge is -2.26. The fraction of sp³-hybridized carbons (Fsp3) is 0.353. The van der Waals surface area contributed by atoms with Gasteiger partial charge in [-0.15, -0.1) is 0 Å². The first-order valence-corrected chi connectivity index (χ1v) is 14.4. The molecule has 1 aliphatic carbocycles. The van der Waals surface area contributed by atoms with E-state index in [0.29, 0.717) is 6.61 Å². The first-order valence-electron chi connectivity index (χ1n) is 14.4. The maximum absolute atomic E-state index is 6.10. The van der Waals surface area contributed by atoms with Crippen LogP contribution in [0.5, 0.6) is 11.5 Å². The molecule has 2 saturated heterocycles. The Kier molecular flexibility index (Phi) is 8.78. The number of hydrogen-bond donors (Lipinski definition) is 0. The number of nitrogens with zero attached hydrogens (tertiary/aromatic N) is 2. The normalized spacial score (nSPS) is 18.1. The molecular formula is C34H38N2O4. The SMILES string of the molecule is C(=C\N1CCOCC1)/Oc1ccc2c(c1)CCC(c1ccccc1)=C2c1ccc(OCCN2CCOCC2)cc1. The Balaban J connectivity index is 1.21. The Morgan fingerprint density at radius 3 is 2.23 bits per heavy atom. The molecule has 40 heavy (non-hydrogen) atoms. The van der Waals surface area contributed by atoms with E-state index < -0.39 is 0 Å². The van der Waals surface area contributed by atoms with Crippen LogP contribution in [-0.4, -0.2) is 75.6 Å². The first kappa shape index (κ1) is 26.6. The Labute approximate surface area is 237 Å². The van der Waals surface area contributed by atoms with Crippen LogP contribution in [0.15, 0.2) is 85.3 Å². The minimum absolute atomic E-state index is 0.683. The van der Waals surface area contributed by atoms with Gasteiger partial charge in [-0.05, 0) is 70.5 Å². The van der Waals surface area contributed by atoms with Gasteiger partial charge >= 0.3 is 0 Å². The maximum Gasteiger partial charge on any atom is 0.126 e. The van der Waals surface area contributed by atoms with E-state index in [1.165, 1.54) is 33.4 Å². The molecule has 0 radical (unpaired) electrons. The van der Waals surface area contributed by atoms with Crippen LogP contribution in [0.1, 0.15) is 28.7 Å². The summed E-state index contributed by atoms with van der Waals surface area (Å²) in [4.78, 5) is 4.62. The topological polar surface area (TPSA) is 43.4 Å². The van der Waals surface area contributed by atoms with E-state index in [1.807, 2.05) is 6.20 Å². The number of fused-ring (bicyclic) bond motifs is 1. The highest BCUT2D eigenvalue weighted by Crippen LogP contribution is 2.42. The molecule has 0 saturated carbocycles. The highest BCUT2D eigenvalue weighted by molar-refractivity contribution is 6.00. The molecule has 0 spiro atoms. The van der Waals surface area contributed by atoms with Gasteiger partial charge in [0.25, 0.3) is 0 Å². The van der Waals surface area contributed by atoms with Crippen LogP contribution in [0.25, 0.3) is 11.1 Å². The van der Waals surface area contributed by atoms with E-state index in [4.69, 9.17) is 18.9 Å². The van der Waals surface area contributed by atoms with Crippen molar-refractivity contribution in [2.45, 2.75) is 12.8 Å². The minimum atomic E-state index is 0.683. The summed E-state index contributed by atoms with van der Waals surface area (Å²) in [6.45, 7) is 8.53. The van der Waals surface area contributed by atoms with Crippen molar-refractivity contribution in [3.8, 4) is 11.5 Å². The second kappa shape index (κ2) is 13.2. The largest absolute Gasteiger partial charge is 0.492 e. The standard InChI is InChI=1S/C34H38N2O4/c1-2-4-27(5-3-1)32-12-8-29-26-31(40-25-19-36-16-22-38-23-17-36)11-13-33(29)34(32)28-6-9-30(10-7-28)39-24-18-35-14-20-37-21-15-35/h1-7,9-11,13,19,25-26H,8,12,14-18,20-24H2/b25-19+. The molecule has 0 bridgehead atoms. The van der Waals surface area contributed by atoms with Crippen LogP contribution in [0, 0.1) is 0 Å². The van der Waals surface area contributed by atoms with Gasteiger partial charge in [0, 0.05) is 38.9 Å². The lowest BCUT2D eigenvalue weighted by Crippen LogP contribution is -2.38. The van der Waals surface area contributed by atoms with Crippen molar-refractivity contribution in [2.24, 2.45) is 0 Å². The number of morpholine rings is 2.